The SMILES string of the molecule is O.[S]=[Mo]=[S]. The molecule has 0 aromatic heterocycles. The number of hydrogen-bond acceptors (Lipinski definition) is 2. The van der Waals surface area contributed by atoms with E-state index in [1.807, 2.05) is 0 Å². The molecule has 0 aromatic rings. The van der Waals surface area contributed by atoms with Crippen LogP contribution < -0.4 is 0 Å². The fourth-order valence-electron chi connectivity index (χ4n) is 0. The van der Waals surface area contributed by atoms with Crippen LogP contribution in [0.3, 0.4) is 0 Å². The standard InChI is InChI=1S/Mo.H2O.2S/h;1H2;;. The molecule has 1 nitrogen and oxygen atoms in total. The molecule has 0 bridgehead atoms. The molecule has 0 saturated heterocycles. The van der Waals surface area contributed by atoms with E-state index in [2.05, 4.69) is 19.6 Å². The van der Waals surface area contributed by atoms with Crippen molar-refractivity contribution in [1.82, 2.24) is 0 Å². The summed E-state index contributed by atoms with van der Waals surface area (Å²) in [6.07, 6.45) is 0. The summed E-state index contributed by atoms with van der Waals surface area (Å²) in [5, 5.41) is 0. The molecule has 0 spiro atoms. The van der Waals surface area contributed by atoms with Crippen LogP contribution in [0.5, 0.6) is 0 Å². The topological polar surface area (TPSA) is 31.5 Å². The van der Waals surface area contributed by atoms with E-state index in [1.54, 1.807) is 0 Å². The van der Waals surface area contributed by atoms with Gasteiger partial charge in [0.05, 0.1) is 0 Å². The molecule has 4 heteroatoms. The maximum atomic E-state index is 4.34. The van der Waals surface area contributed by atoms with E-state index >= 15 is 0 Å². The Bertz CT molecular complexity index is 27.0. The Morgan fingerprint density at radius 3 is 1.25 bits per heavy atom. The monoisotopic (exact) mass is 180 g/mol. The van der Waals surface area contributed by atoms with Crippen LogP contribution >= 0.6 is 19.6 Å². The van der Waals surface area contributed by atoms with Crippen molar-refractivity contribution in [2.75, 3.05) is 0 Å². The summed E-state index contributed by atoms with van der Waals surface area (Å²) >= 11 is -0.363. The molecule has 2 N–H and O–H groups in total. The molecular formula is H2MoOS2. The molecule has 4 heavy (non-hydrogen) atoms. The number of rotatable bonds is 0. The molecule has 0 aliphatic carbocycles. The fourth-order valence-corrected chi connectivity index (χ4v) is 0. The van der Waals surface area contributed by atoms with Crippen molar-refractivity contribution in [3.8, 4) is 0 Å². The number of hydrogen-bond donors (Lipinski definition) is 0. The summed E-state index contributed by atoms with van der Waals surface area (Å²) < 4.78 is 0. The second kappa shape index (κ2) is 8.94. The van der Waals surface area contributed by atoms with Crippen molar-refractivity contribution in [2.45, 2.75) is 0 Å². The predicted molar refractivity (Wildman–Crippen MR) is 18.8 cm³/mol. The fraction of sp³-hybridized carbons (Fsp3) is 0. The second-order valence-electron chi connectivity index (χ2n) is 0.0680. The summed E-state index contributed by atoms with van der Waals surface area (Å²) in [6.45, 7) is 0. The van der Waals surface area contributed by atoms with Gasteiger partial charge in [-0.2, -0.15) is 0 Å². The molecule has 0 rings (SSSR count). The van der Waals surface area contributed by atoms with Crippen LogP contribution in [0.25, 0.3) is 0 Å². The Morgan fingerprint density at radius 1 is 1.25 bits per heavy atom. The van der Waals surface area contributed by atoms with Gasteiger partial charge in [0, 0.05) is 0 Å². The van der Waals surface area contributed by atoms with Gasteiger partial charge in [0.25, 0.3) is 0 Å². The van der Waals surface area contributed by atoms with E-state index in [4.69, 9.17) is 0 Å². The molecule has 0 saturated carbocycles. The van der Waals surface area contributed by atoms with Crippen molar-refractivity contribution >= 4 is 19.6 Å². The molecule has 0 aliphatic rings. The van der Waals surface area contributed by atoms with E-state index in [0.717, 1.165) is 0 Å². The van der Waals surface area contributed by atoms with Crippen molar-refractivity contribution < 1.29 is 20.4 Å². The summed E-state index contributed by atoms with van der Waals surface area (Å²) in [5.74, 6) is 0. The van der Waals surface area contributed by atoms with Gasteiger partial charge in [0.1, 0.15) is 0 Å². The first-order valence-electron chi connectivity index (χ1n) is 0.333. The van der Waals surface area contributed by atoms with Gasteiger partial charge in [-0.3, -0.25) is 0 Å². The van der Waals surface area contributed by atoms with E-state index in [-0.39, 0.29) is 20.4 Å². The van der Waals surface area contributed by atoms with Crippen LogP contribution in [0.15, 0.2) is 0 Å². The first kappa shape index (κ1) is 8.92. The van der Waals surface area contributed by atoms with Crippen LogP contribution in [0.1, 0.15) is 0 Å². The first-order chi connectivity index (χ1) is 1.41. The van der Waals surface area contributed by atoms with Gasteiger partial charge < -0.3 is 5.48 Å². The molecule has 0 fully saturated rings. The maximum absolute atomic E-state index is 4.34. The molecule has 0 unspecified atom stereocenters. The van der Waals surface area contributed by atoms with Crippen molar-refractivity contribution in [2.24, 2.45) is 0 Å². The van der Waals surface area contributed by atoms with Crippen LogP contribution in [-0.2, 0) is 14.9 Å². The molecule has 0 amide bonds. The Morgan fingerprint density at radius 2 is 1.25 bits per heavy atom. The average molecular weight is 178 g/mol. The zero-order chi connectivity index (χ0) is 2.71. The normalized spacial score (nSPS) is 3.00. The van der Waals surface area contributed by atoms with Gasteiger partial charge in [-0.1, -0.05) is 0 Å². The molecule has 0 atom stereocenters. The predicted octanol–water partition coefficient (Wildman–Crippen LogP) is 0.469. The molecule has 0 aliphatic heterocycles. The second-order valence-corrected chi connectivity index (χ2v) is 3.62. The third kappa shape index (κ3) is 11.4. The van der Waals surface area contributed by atoms with Crippen LogP contribution in [0, 0.1) is 0 Å². The molecular weight excluding hydrogens is 176 g/mol. The first-order valence-corrected chi connectivity index (χ1v) is 5.92. The van der Waals surface area contributed by atoms with Gasteiger partial charge in [-0.25, -0.2) is 0 Å². The third-order valence-electron chi connectivity index (χ3n) is 0. The Hall–Kier alpha value is 1.09. The third-order valence-corrected chi connectivity index (χ3v) is 0. The Kier molecular flexibility index (Phi) is 19.9. The molecule has 0 heterocycles. The van der Waals surface area contributed by atoms with Crippen LogP contribution in [0.2, 0.25) is 0 Å². The van der Waals surface area contributed by atoms with Crippen LogP contribution in [-0.4, -0.2) is 5.48 Å². The van der Waals surface area contributed by atoms with Gasteiger partial charge >= 0.3 is 34.6 Å². The van der Waals surface area contributed by atoms with Gasteiger partial charge in [-0.05, 0) is 0 Å². The molecule has 0 radical (unpaired) electrons. The Labute approximate surface area is 40.1 Å². The van der Waals surface area contributed by atoms with Gasteiger partial charge in [0.15, 0.2) is 0 Å². The van der Waals surface area contributed by atoms with Gasteiger partial charge in [0.2, 0.25) is 0 Å². The van der Waals surface area contributed by atoms with E-state index in [0.29, 0.717) is 0 Å². The summed E-state index contributed by atoms with van der Waals surface area (Å²) in [6, 6.07) is 0. The van der Waals surface area contributed by atoms with E-state index in [1.165, 1.54) is 0 Å². The molecule has 0 aromatic carbocycles. The van der Waals surface area contributed by atoms with Crippen molar-refractivity contribution in [3.05, 3.63) is 0 Å². The van der Waals surface area contributed by atoms with Crippen molar-refractivity contribution in [1.29, 1.82) is 0 Å². The summed E-state index contributed by atoms with van der Waals surface area (Å²) in [7, 11) is 8.68. The molecule has 26 valence electrons. The minimum absolute atomic E-state index is 0. The minimum atomic E-state index is -0.363. The zero-order valence-corrected chi connectivity index (χ0v) is 5.36. The van der Waals surface area contributed by atoms with E-state index < -0.39 is 0 Å². The van der Waals surface area contributed by atoms with E-state index in [9.17, 15) is 0 Å². The summed E-state index contributed by atoms with van der Waals surface area (Å²) in [4.78, 5) is 0. The zero-order valence-electron chi connectivity index (χ0n) is 1.72. The van der Waals surface area contributed by atoms with Gasteiger partial charge in [-0.15, -0.1) is 0 Å². The van der Waals surface area contributed by atoms with Crippen molar-refractivity contribution in [3.63, 3.8) is 0 Å². The quantitative estimate of drug-likeness (QED) is 0.505. The average Bonchev–Trinajstić information content (AvgIpc) is 0.918. The van der Waals surface area contributed by atoms with Crippen LogP contribution in [0.4, 0.5) is 0 Å². The summed E-state index contributed by atoms with van der Waals surface area (Å²) in [5.41, 5.74) is 0. The Balaban J connectivity index is 0.